The Balaban J connectivity index is 1.86. The molecule has 1 N–H and O–H groups in total. The van der Waals surface area contributed by atoms with Crippen molar-refractivity contribution in [3.05, 3.63) is 69.7 Å². The van der Waals surface area contributed by atoms with Gasteiger partial charge in [-0.2, -0.15) is 0 Å². The van der Waals surface area contributed by atoms with E-state index in [1.807, 2.05) is 6.92 Å². The third-order valence-corrected chi connectivity index (χ3v) is 3.50. The zero-order valence-corrected chi connectivity index (χ0v) is 12.7. The first-order valence-corrected chi connectivity index (χ1v) is 7.08. The average Bonchev–Trinajstić information content (AvgIpc) is 2.87. The summed E-state index contributed by atoms with van der Waals surface area (Å²) >= 11 is 0. The quantitative estimate of drug-likeness (QED) is 0.801. The number of hydrogen-bond acceptors (Lipinski definition) is 4. The SMILES string of the molecule is Cc1noc(C)c1-c1c[nH]c(=O)c(OCc2ccc(F)cc2)c1. The van der Waals surface area contributed by atoms with Crippen LogP contribution in [0.4, 0.5) is 4.39 Å². The molecule has 6 heteroatoms. The van der Waals surface area contributed by atoms with Gasteiger partial charge in [0.25, 0.3) is 5.56 Å². The summed E-state index contributed by atoms with van der Waals surface area (Å²) in [4.78, 5) is 14.6. The van der Waals surface area contributed by atoms with E-state index in [-0.39, 0.29) is 23.7 Å². The van der Waals surface area contributed by atoms with Crippen molar-refractivity contribution < 1.29 is 13.7 Å². The molecule has 0 aliphatic heterocycles. The van der Waals surface area contributed by atoms with Crippen LogP contribution in [-0.2, 0) is 6.61 Å². The van der Waals surface area contributed by atoms with E-state index in [4.69, 9.17) is 9.26 Å². The third kappa shape index (κ3) is 3.15. The van der Waals surface area contributed by atoms with E-state index < -0.39 is 0 Å². The Kier molecular flexibility index (Phi) is 3.97. The maximum absolute atomic E-state index is 12.9. The summed E-state index contributed by atoms with van der Waals surface area (Å²) in [5.41, 5.74) is 2.76. The fraction of sp³-hybridized carbons (Fsp3) is 0.176. The normalized spacial score (nSPS) is 10.7. The minimum atomic E-state index is -0.331. The van der Waals surface area contributed by atoms with Gasteiger partial charge in [-0.05, 0) is 37.6 Å². The molecule has 0 amide bonds. The second-order valence-corrected chi connectivity index (χ2v) is 5.20. The highest BCUT2D eigenvalue weighted by molar-refractivity contribution is 5.67. The summed E-state index contributed by atoms with van der Waals surface area (Å²) < 4.78 is 23.6. The summed E-state index contributed by atoms with van der Waals surface area (Å²) in [5.74, 6) is 0.540. The number of rotatable bonds is 4. The van der Waals surface area contributed by atoms with Crippen molar-refractivity contribution in [1.29, 1.82) is 0 Å². The molecule has 3 aromatic rings. The van der Waals surface area contributed by atoms with Crippen LogP contribution in [0, 0.1) is 19.7 Å². The van der Waals surface area contributed by atoms with Gasteiger partial charge in [-0.25, -0.2) is 4.39 Å². The number of aryl methyl sites for hydroxylation is 2. The zero-order valence-electron chi connectivity index (χ0n) is 12.7. The van der Waals surface area contributed by atoms with Crippen LogP contribution in [0.25, 0.3) is 11.1 Å². The van der Waals surface area contributed by atoms with Crippen molar-refractivity contribution in [2.24, 2.45) is 0 Å². The van der Waals surface area contributed by atoms with E-state index >= 15 is 0 Å². The van der Waals surface area contributed by atoms with Crippen LogP contribution >= 0.6 is 0 Å². The number of nitrogens with one attached hydrogen (secondary N) is 1. The molecule has 0 unspecified atom stereocenters. The Morgan fingerprint density at radius 3 is 2.65 bits per heavy atom. The second-order valence-electron chi connectivity index (χ2n) is 5.20. The number of H-pyrrole nitrogens is 1. The molecule has 0 atom stereocenters. The fourth-order valence-electron chi connectivity index (χ4n) is 2.35. The molecule has 0 aliphatic rings. The summed E-state index contributed by atoms with van der Waals surface area (Å²) in [6.45, 7) is 3.81. The van der Waals surface area contributed by atoms with Crippen LogP contribution < -0.4 is 10.3 Å². The Bertz CT molecular complexity index is 862. The standard InChI is InChI=1S/C17H15FN2O3/c1-10-16(11(2)23-20-10)13-7-15(17(21)19-8-13)22-9-12-3-5-14(18)6-4-12/h3-8H,9H2,1-2H3,(H,19,21). The molecule has 3 rings (SSSR count). The van der Waals surface area contributed by atoms with Gasteiger partial charge in [0.05, 0.1) is 5.69 Å². The predicted octanol–water partition coefficient (Wildman–Crippen LogP) is 3.36. The number of aromatic amines is 1. The summed E-state index contributed by atoms with van der Waals surface area (Å²) in [5, 5.41) is 3.90. The minimum Gasteiger partial charge on any atom is -0.483 e. The highest BCUT2D eigenvalue weighted by Gasteiger charge is 2.13. The number of hydrogen-bond donors (Lipinski definition) is 1. The van der Waals surface area contributed by atoms with Gasteiger partial charge in [-0.15, -0.1) is 0 Å². The molecule has 5 nitrogen and oxygen atoms in total. The molecular weight excluding hydrogens is 299 g/mol. The molecule has 0 saturated heterocycles. The van der Waals surface area contributed by atoms with Gasteiger partial charge in [-0.3, -0.25) is 4.79 Å². The number of aromatic nitrogens is 2. The van der Waals surface area contributed by atoms with Gasteiger partial charge < -0.3 is 14.2 Å². The maximum atomic E-state index is 12.9. The summed E-state index contributed by atoms with van der Waals surface area (Å²) in [6.07, 6.45) is 1.60. The summed E-state index contributed by atoms with van der Waals surface area (Å²) in [6, 6.07) is 7.57. The lowest BCUT2D eigenvalue weighted by Gasteiger charge is -2.07. The Hall–Kier alpha value is -2.89. The first-order valence-electron chi connectivity index (χ1n) is 7.08. The van der Waals surface area contributed by atoms with Crippen molar-refractivity contribution in [3.8, 4) is 16.9 Å². The lowest BCUT2D eigenvalue weighted by molar-refractivity contribution is 0.301. The monoisotopic (exact) mass is 314 g/mol. The first kappa shape index (κ1) is 15.0. The van der Waals surface area contributed by atoms with Gasteiger partial charge in [0.15, 0.2) is 5.75 Å². The van der Waals surface area contributed by atoms with Crippen molar-refractivity contribution in [2.45, 2.75) is 20.5 Å². The first-order chi connectivity index (χ1) is 11.0. The number of ether oxygens (including phenoxy) is 1. The van der Waals surface area contributed by atoms with Crippen molar-refractivity contribution >= 4 is 0 Å². The van der Waals surface area contributed by atoms with E-state index in [0.29, 0.717) is 5.76 Å². The van der Waals surface area contributed by atoms with Crippen molar-refractivity contribution in [1.82, 2.24) is 10.1 Å². The van der Waals surface area contributed by atoms with E-state index in [0.717, 1.165) is 22.4 Å². The van der Waals surface area contributed by atoms with Gasteiger partial charge >= 0.3 is 0 Å². The highest BCUT2D eigenvalue weighted by atomic mass is 19.1. The summed E-state index contributed by atoms with van der Waals surface area (Å²) in [7, 11) is 0. The number of halogens is 1. The topological polar surface area (TPSA) is 68.1 Å². The zero-order chi connectivity index (χ0) is 16.4. The molecule has 2 heterocycles. The van der Waals surface area contributed by atoms with Crippen molar-refractivity contribution in [2.75, 3.05) is 0 Å². The smallest absolute Gasteiger partial charge is 0.290 e. The van der Waals surface area contributed by atoms with E-state index in [2.05, 4.69) is 10.1 Å². The maximum Gasteiger partial charge on any atom is 0.290 e. The van der Waals surface area contributed by atoms with E-state index in [1.54, 1.807) is 31.3 Å². The molecular formula is C17H15FN2O3. The van der Waals surface area contributed by atoms with Gasteiger partial charge in [0.2, 0.25) is 0 Å². The average molecular weight is 314 g/mol. The molecule has 0 radical (unpaired) electrons. The minimum absolute atomic E-state index is 0.175. The molecule has 0 spiro atoms. The van der Waals surface area contributed by atoms with Gasteiger partial charge in [0.1, 0.15) is 18.2 Å². The predicted molar refractivity (Wildman–Crippen MR) is 82.8 cm³/mol. The Labute approximate surface area is 131 Å². The molecule has 118 valence electrons. The second kappa shape index (κ2) is 6.08. The largest absolute Gasteiger partial charge is 0.483 e. The van der Waals surface area contributed by atoms with Crippen LogP contribution in [0.15, 0.2) is 45.8 Å². The number of benzene rings is 1. The van der Waals surface area contributed by atoms with E-state index in [9.17, 15) is 9.18 Å². The number of nitrogens with zero attached hydrogens (tertiary/aromatic N) is 1. The molecule has 0 saturated carbocycles. The van der Waals surface area contributed by atoms with Crippen LogP contribution in [0.3, 0.4) is 0 Å². The molecule has 0 bridgehead atoms. The lowest BCUT2D eigenvalue weighted by Crippen LogP contribution is -2.11. The van der Waals surface area contributed by atoms with E-state index in [1.165, 1.54) is 12.1 Å². The fourth-order valence-corrected chi connectivity index (χ4v) is 2.35. The van der Waals surface area contributed by atoms with Crippen LogP contribution in [0.2, 0.25) is 0 Å². The molecule has 23 heavy (non-hydrogen) atoms. The highest BCUT2D eigenvalue weighted by Crippen LogP contribution is 2.27. The number of pyridine rings is 1. The molecule has 1 aromatic carbocycles. The van der Waals surface area contributed by atoms with Crippen LogP contribution in [0.5, 0.6) is 5.75 Å². The molecule has 2 aromatic heterocycles. The van der Waals surface area contributed by atoms with Crippen LogP contribution in [-0.4, -0.2) is 10.1 Å². The third-order valence-electron chi connectivity index (χ3n) is 3.50. The van der Waals surface area contributed by atoms with Crippen LogP contribution in [0.1, 0.15) is 17.0 Å². The van der Waals surface area contributed by atoms with Crippen molar-refractivity contribution in [3.63, 3.8) is 0 Å². The van der Waals surface area contributed by atoms with Gasteiger partial charge in [0, 0.05) is 17.3 Å². The Morgan fingerprint density at radius 1 is 1.26 bits per heavy atom. The van der Waals surface area contributed by atoms with Gasteiger partial charge in [-0.1, -0.05) is 17.3 Å². The molecule has 0 aliphatic carbocycles. The Morgan fingerprint density at radius 2 is 2.00 bits per heavy atom. The molecule has 0 fully saturated rings. The lowest BCUT2D eigenvalue weighted by atomic mass is 10.1.